The first-order valence-electron chi connectivity index (χ1n) is 6.34. The zero-order valence-corrected chi connectivity index (χ0v) is 10.5. The Bertz CT molecular complexity index is 380. The summed E-state index contributed by atoms with van der Waals surface area (Å²) in [4.78, 5) is 2.45. The topological polar surface area (TPSA) is 23.5 Å². The summed E-state index contributed by atoms with van der Waals surface area (Å²) in [5.74, 6) is 0. The molecule has 0 aliphatic carbocycles. The van der Waals surface area contributed by atoms with Gasteiger partial charge in [0.25, 0.3) is 0 Å². The standard InChI is InChI=1S/C15H21NO/c1-13-2-4-15(5-3-13)12-16-9-6-14(7-10-16)8-11-17/h2-6,17H,7-12H2,1H3. The Morgan fingerprint density at radius 2 is 2.00 bits per heavy atom. The summed E-state index contributed by atoms with van der Waals surface area (Å²) >= 11 is 0. The molecule has 0 bridgehead atoms. The van der Waals surface area contributed by atoms with Crippen molar-refractivity contribution in [1.29, 1.82) is 0 Å². The van der Waals surface area contributed by atoms with E-state index in [9.17, 15) is 0 Å². The van der Waals surface area contributed by atoms with Crippen LogP contribution in [0.4, 0.5) is 0 Å². The predicted octanol–water partition coefficient (Wildman–Crippen LogP) is 2.51. The van der Waals surface area contributed by atoms with Gasteiger partial charge in [0, 0.05) is 26.2 Å². The number of hydrogen-bond donors (Lipinski definition) is 1. The molecule has 1 aromatic carbocycles. The summed E-state index contributed by atoms with van der Waals surface area (Å²) in [5, 5.41) is 8.89. The summed E-state index contributed by atoms with van der Waals surface area (Å²) in [7, 11) is 0. The van der Waals surface area contributed by atoms with E-state index >= 15 is 0 Å². The Morgan fingerprint density at radius 3 is 2.59 bits per heavy atom. The highest BCUT2D eigenvalue weighted by Crippen LogP contribution is 2.16. The van der Waals surface area contributed by atoms with Crippen LogP contribution in [0.3, 0.4) is 0 Å². The van der Waals surface area contributed by atoms with Crippen molar-refractivity contribution in [3.05, 3.63) is 47.0 Å². The van der Waals surface area contributed by atoms with Crippen LogP contribution in [0.1, 0.15) is 24.0 Å². The van der Waals surface area contributed by atoms with E-state index in [0.717, 1.165) is 32.5 Å². The van der Waals surface area contributed by atoms with Gasteiger partial charge >= 0.3 is 0 Å². The number of benzene rings is 1. The Balaban J connectivity index is 1.87. The average molecular weight is 231 g/mol. The first-order valence-corrected chi connectivity index (χ1v) is 6.34. The lowest BCUT2D eigenvalue weighted by molar-refractivity contribution is 0.269. The van der Waals surface area contributed by atoms with Gasteiger partial charge in [0.15, 0.2) is 0 Å². The normalized spacial score (nSPS) is 16.9. The van der Waals surface area contributed by atoms with Crippen molar-refractivity contribution in [3.8, 4) is 0 Å². The number of aryl methyl sites for hydroxylation is 1. The molecule has 0 amide bonds. The van der Waals surface area contributed by atoms with Gasteiger partial charge in [-0.05, 0) is 25.3 Å². The molecular weight excluding hydrogens is 210 g/mol. The molecule has 1 aliphatic heterocycles. The van der Waals surface area contributed by atoms with Gasteiger partial charge in [-0.25, -0.2) is 0 Å². The first-order chi connectivity index (χ1) is 8.28. The van der Waals surface area contributed by atoms with Crippen LogP contribution in [0.25, 0.3) is 0 Å². The molecule has 1 N–H and O–H groups in total. The second-order valence-corrected chi connectivity index (χ2v) is 4.81. The molecule has 0 radical (unpaired) electrons. The van der Waals surface area contributed by atoms with Crippen molar-refractivity contribution in [2.24, 2.45) is 0 Å². The number of aliphatic hydroxyl groups excluding tert-OH is 1. The summed E-state index contributed by atoms with van der Waals surface area (Å²) < 4.78 is 0. The lowest BCUT2D eigenvalue weighted by Gasteiger charge is -2.26. The van der Waals surface area contributed by atoms with Gasteiger partial charge in [-0.15, -0.1) is 0 Å². The van der Waals surface area contributed by atoms with Gasteiger partial charge in [-0.1, -0.05) is 41.5 Å². The molecule has 0 saturated heterocycles. The van der Waals surface area contributed by atoms with E-state index in [0.29, 0.717) is 0 Å². The zero-order valence-electron chi connectivity index (χ0n) is 10.5. The molecule has 0 fully saturated rings. The van der Waals surface area contributed by atoms with Crippen LogP contribution in [0.5, 0.6) is 0 Å². The molecule has 17 heavy (non-hydrogen) atoms. The summed E-state index contributed by atoms with van der Waals surface area (Å²) in [6, 6.07) is 8.77. The highest BCUT2D eigenvalue weighted by Gasteiger charge is 2.11. The van der Waals surface area contributed by atoms with Gasteiger partial charge in [-0.3, -0.25) is 4.90 Å². The molecule has 1 aliphatic rings. The molecule has 0 atom stereocenters. The third-order valence-corrected chi connectivity index (χ3v) is 3.35. The van der Waals surface area contributed by atoms with Crippen molar-refractivity contribution >= 4 is 0 Å². The van der Waals surface area contributed by atoms with Gasteiger partial charge in [-0.2, -0.15) is 0 Å². The second-order valence-electron chi connectivity index (χ2n) is 4.81. The lowest BCUT2D eigenvalue weighted by Crippen LogP contribution is -2.28. The van der Waals surface area contributed by atoms with Crippen LogP contribution >= 0.6 is 0 Å². The molecule has 0 aromatic heterocycles. The summed E-state index contributed by atoms with van der Waals surface area (Å²) in [6.45, 7) is 5.56. The monoisotopic (exact) mass is 231 g/mol. The number of aliphatic hydroxyl groups is 1. The third kappa shape index (κ3) is 3.69. The Morgan fingerprint density at radius 1 is 1.24 bits per heavy atom. The number of hydrogen-bond acceptors (Lipinski definition) is 2. The third-order valence-electron chi connectivity index (χ3n) is 3.35. The van der Waals surface area contributed by atoms with E-state index in [1.54, 1.807) is 0 Å². The van der Waals surface area contributed by atoms with Crippen molar-refractivity contribution in [1.82, 2.24) is 4.90 Å². The Kier molecular flexibility index (Phi) is 4.35. The minimum atomic E-state index is 0.282. The van der Waals surface area contributed by atoms with Crippen LogP contribution in [0.15, 0.2) is 35.9 Å². The quantitative estimate of drug-likeness (QED) is 0.805. The van der Waals surface area contributed by atoms with Crippen LogP contribution in [0, 0.1) is 6.92 Å². The Hall–Kier alpha value is -1.12. The summed E-state index contributed by atoms with van der Waals surface area (Å²) in [6.07, 6.45) is 4.22. The van der Waals surface area contributed by atoms with Crippen molar-refractivity contribution < 1.29 is 5.11 Å². The fourth-order valence-corrected chi connectivity index (χ4v) is 2.22. The molecule has 2 heteroatoms. The summed E-state index contributed by atoms with van der Waals surface area (Å²) in [5.41, 5.74) is 4.11. The highest BCUT2D eigenvalue weighted by atomic mass is 16.2. The van der Waals surface area contributed by atoms with Gasteiger partial charge in [0.2, 0.25) is 0 Å². The van der Waals surface area contributed by atoms with Gasteiger partial charge < -0.3 is 5.11 Å². The zero-order chi connectivity index (χ0) is 12.1. The second kappa shape index (κ2) is 5.99. The maximum atomic E-state index is 8.89. The average Bonchev–Trinajstić information content (AvgIpc) is 2.35. The van der Waals surface area contributed by atoms with Gasteiger partial charge in [0.1, 0.15) is 0 Å². The van der Waals surface area contributed by atoms with Crippen LogP contribution in [-0.4, -0.2) is 29.7 Å². The van der Waals surface area contributed by atoms with Crippen LogP contribution in [0.2, 0.25) is 0 Å². The molecule has 2 rings (SSSR count). The minimum absolute atomic E-state index is 0.282. The Labute approximate surface area is 104 Å². The van der Waals surface area contributed by atoms with E-state index in [4.69, 9.17) is 5.11 Å². The van der Waals surface area contributed by atoms with E-state index in [1.165, 1.54) is 16.7 Å². The highest BCUT2D eigenvalue weighted by molar-refractivity contribution is 5.21. The van der Waals surface area contributed by atoms with Crippen molar-refractivity contribution in [2.45, 2.75) is 26.3 Å². The van der Waals surface area contributed by atoms with Gasteiger partial charge in [0.05, 0.1) is 0 Å². The van der Waals surface area contributed by atoms with Crippen LogP contribution < -0.4 is 0 Å². The first kappa shape index (κ1) is 12.3. The molecule has 1 heterocycles. The molecule has 0 unspecified atom stereocenters. The predicted molar refractivity (Wildman–Crippen MR) is 70.9 cm³/mol. The van der Waals surface area contributed by atoms with E-state index in [2.05, 4.69) is 42.2 Å². The minimum Gasteiger partial charge on any atom is -0.396 e. The maximum Gasteiger partial charge on any atom is 0.0468 e. The fraction of sp³-hybridized carbons (Fsp3) is 0.467. The van der Waals surface area contributed by atoms with Crippen LogP contribution in [-0.2, 0) is 6.54 Å². The molecule has 2 nitrogen and oxygen atoms in total. The number of nitrogens with zero attached hydrogens (tertiary/aromatic N) is 1. The lowest BCUT2D eigenvalue weighted by atomic mass is 10.0. The van der Waals surface area contributed by atoms with E-state index in [1.807, 2.05) is 0 Å². The molecular formula is C15H21NO. The number of rotatable bonds is 4. The van der Waals surface area contributed by atoms with E-state index < -0.39 is 0 Å². The smallest absolute Gasteiger partial charge is 0.0468 e. The fourth-order valence-electron chi connectivity index (χ4n) is 2.22. The SMILES string of the molecule is Cc1ccc(CN2CC=C(CCO)CC2)cc1. The molecule has 1 aromatic rings. The molecule has 92 valence electrons. The largest absolute Gasteiger partial charge is 0.396 e. The molecule has 0 saturated carbocycles. The van der Waals surface area contributed by atoms with E-state index in [-0.39, 0.29) is 6.61 Å². The van der Waals surface area contributed by atoms with Crippen molar-refractivity contribution in [3.63, 3.8) is 0 Å². The molecule has 0 spiro atoms. The maximum absolute atomic E-state index is 8.89. The van der Waals surface area contributed by atoms with Crippen molar-refractivity contribution in [2.75, 3.05) is 19.7 Å².